The molecule has 0 aromatic heterocycles. The SMILES string of the molecule is CCC[CH2][Sn]([CH2]CCC)([CH2]CCC)[c]1ccc(OCC=C(C)C)cc1. The van der Waals surface area contributed by atoms with Crippen molar-refractivity contribution in [2.75, 3.05) is 6.61 Å². The van der Waals surface area contributed by atoms with Crippen LogP contribution in [0.5, 0.6) is 5.75 Å². The van der Waals surface area contributed by atoms with Gasteiger partial charge in [-0.15, -0.1) is 0 Å². The molecule has 0 fully saturated rings. The van der Waals surface area contributed by atoms with Gasteiger partial charge in [0.05, 0.1) is 0 Å². The van der Waals surface area contributed by atoms with Gasteiger partial charge in [0, 0.05) is 0 Å². The predicted molar refractivity (Wildman–Crippen MR) is 116 cm³/mol. The Morgan fingerprint density at radius 3 is 1.72 bits per heavy atom. The first kappa shape index (κ1) is 22.6. The molecule has 0 aliphatic rings. The zero-order valence-corrected chi connectivity index (χ0v) is 20.2. The van der Waals surface area contributed by atoms with Crippen molar-refractivity contribution in [1.82, 2.24) is 0 Å². The third-order valence-electron chi connectivity index (χ3n) is 5.23. The van der Waals surface area contributed by atoms with Gasteiger partial charge in [0.1, 0.15) is 0 Å². The Labute approximate surface area is 161 Å². The average molecular weight is 451 g/mol. The van der Waals surface area contributed by atoms with Gasteiger partial charge in [-0.1, -0.05) is 0 Å². The van der Waals surface area contributed by atoms with Crippen molar-refractivity contribution in [3.63, 3.8) is 0 Å². The molecule has 1 nitrogen and oxygen atoms in total. The first-order chi connectivity index (χ1) is 12.1. The van der Waals surface area contributed by atoms with Crippen LogP contribution < -0.4 is 8.32 Å². The topological polar surface area (TPSA) is 9.23 Å². The molecule has 0 atom stereocenters. The Bertz CT molecular complexity index is 464. The van der Waals surface area contributed by atoms with Crippen LogP contribution in [0.1, 0.15) is 73.1 Å². The van der Waals surface area contributed by atoms with E-state index in [0.717, 1.165) is 5.75 Å². The summed E-state index contributed by atoms with van der Waals surface area (Å²) in [6.45, 7) is 11.9. The second kappa shape index (κ2) is 12.8. The second-order valence-electron chi connectivity index (χ2n) is 7.71. The van der Waals surface area contributed by atoms with E-state index in [9.17, 15) is 0 Å². The molecule has 0 N–H and O–H groups in total. The molecule has 25 heavy (non-hydrogen) atoms. The van der Waals surface area contributed by atoms with E-state index in [2.05, 4.69) is 65.0 Å². The van der Waals surface area contributed by atoms with Gasteiger partial charge < -0.3 is 0 Å². The third-order valence-corrected chi connectivity index (χ3v) is 20.9. The molecule has 0 spiro atoms. The molecule has 0 aliphatic heterocycles. The average Bonchev–Trinajstić information content (AvgIpc) is 2.62. The predicted octanol–water partition coefficient (Wildman–Crippen LogP) is 7.09. The number of benzene rings is 1. The minimum atomic E-state index is -2.26. The van der Waals surface area contributed by atoms with Gasteiger partial charge >= 0.3 is 161 Å². The van der Waals surface area contributed by atoms with Gasteiger partial charge in [-0.05, 0) is 0 Å². The number of ether oxygens (including phenoxy) is 1. The van der Waals surface area contributed by atoms with Crippen LogP contribution in [0, 0.1) is 0 Å². The van der Waals surface area contributed by atoms with Crippen molar-refractivity contribution in [1.29, 1.82) is 0 Å². The van der Waals surface area contributed by atoms with Gasteiger partial charge in [0.15, 0.2) is 0 Å². The quantitative estimate of drug-likeness (QED) is 0.230. The molecule has 2 heteroatoms. The monoisotopic (exact) mass is 452 g/mol. The van der Waals surface area contributed by atoms with Crippen LogP contribution >= 0.6 is 0 Å². The fourth-order valence-electron chi connectivity index (χ4n) is 3.56. The summed E-state index contributed by atoms with van der Waals surface area (Å²) >= 11 is -2.26. The van der Waals surface area contributed by atoms with Crippen molar-refractivity contribution >= 4 is 22.0 Å². The second-order valence-corrected chi connectivity index (χ2v) is 20.9. The summed E-state index contributed by atoms with van der Waals surface area (Å²) in [6, 6.07) is 9.30. The standard InChI is InChI=1S/C11H13O.3C4H9.Sn/c1-10(2)8-9-12-11-6-4-3-5-7-11;3*1-3-4-2;/h4-8H,9H2,1-2H3;3*1,3-4H2,2H3;. The summed E-state index contributed by atoms with van der Waals surface area (Å²) in [7, 11) is 0. The Morgan fingerprint density at radius 2 is 1.32 bits per heavy atom. The molecular weight excluding hydrogens is 411 g/mol. The van der Waals surface area contributed by atoms with Gasteiger partial charge in [0.2, 0.25) is 0 Å². The van der Waals surface area contributed by atoms with E-state index in [1.807, 2.05) is 0 Å². The van der Waals surface area contributed by atoms with Crippen LogP contribution in [0.15, 0.2) is 35.9 Å². The van der Waals surface area contributed by atoms with E-state index >= 15 is 0 Å². The molecule has 0 amide bonds. The van der Waals surface area contributed by atoms with Crippen molar-refractivity contribution in [2.45, 2.75) is 86.5 Å². The minimum absolute atomic E-state index is 0.678. The zero-order chi connectivity index (χ0) is 18.5. The van der Waals surface area contributed by atoms with Gasteiger partial charge in [-0.3, -0.25) is 0 Å². The van der Waals surface area contributed by atoms with E-state index in [0.29, 0.717) is 6.61 Å². The molecule has 1 aromatic rings. The first-order valence-corrected chi connectivity index (χ1v) is 17.9. The molecule has 1 aromatic carbocycles. The Kier molecular flexibility index (Phi) is 11.6. The normalized spacial score (nSPS) is 11.4. The summed E-state index contributed by atoms with van der Waals surface area (Å²) in [5, 5.41) is 0. The molecule has 0 radical (unpaired) electrons. The van der Waals surface area contributed by atoms with Crippen molar-refractivity contribution in [3.8, 4) is 5.75 Å². The zero-order valence-electron chi connectivity index (χ0n) is 17.4. The Balaban J connectivity index is 2.95. The number of rotatable bonds is 13. The third kappa shape index (κ3) is 8.19. The van der Waals surface area contributed by atoms with Crippen molar-refractivity contribution in [3.05, 3.63) is 35.9 Å². The van der Waals surface area contributed by atoms with E-state index in [1.165, 1.54) is 57.4 Å². The number of hydrogen-bond donors (Lipinski definition) is 0. The van der Waals surface area contributed by atoms with E-state index in [4.69, 9.17) is 4.74 Å². The van der Waals surface area contributed by atoms with Crippen LogP contribution in [-0.4, -0.2) is 25.0 Å². The van der Waals surface area contributed by atoms with E-state index < -0.39 is 18.4 Å². The van der Waals surface area contributed by atoms with Gasteiger partial charge in [-0.25, -0.2) is 0 Å². The van der Waals surface area contributed by atoms with Crippen molar-refractivity contribution < 1.29 is 4.74 Å². The van der Waals surface area contributed by atoms with E-state index in [-0.39, 0.29) is 0 Å². The number of hydrogen-bond acceptors (Lipinski definition) is 1. The fourth-order valence-corrected chi connectivity index (χ4v) is 19.5. The van der Waals surface area contributed by atoms with Gasteiger partial charge in [0.25, 0.3) is 0 Å². The molecule has 0 saturated carbocycles. The van der Waals surface area contributed by atoms with Crippen LogP contribution in [0.4, 0.5) is 0 Å². The summed E-state index contributed by atoms with van der Waals surface area (Å²) < 4.78 is 12.2. The van der Waals surface area contributed by atoms with Crippen LogP contribution in [0.25, 0.3) is 0 Å². The van der Waals surface area contributed by atoms with E-state index in [1.54, 1.807) is 3.58 Å². The molecule has 0 aliphatic carbocycles. The Morgan fingerprint density at radius 1 is 0.840 bits per heavy atom. The maximum absolute atomic E-state index is 5.87. The summed E-state index contributed by atoms with van der Waals surface area (Å²) in [6.07, 6.45) is 10.4. The molecule has 0 heterocycles. The van der Waals surface area contributed by atoms with Crippen LogP contribution in [-0.2, 0) is 0 Å². The maximum atomic E-state index is 5.87. The van der Waals surface area contributed by atoms with Crippen molar-refractivity contribution in [2.24, 2.45) is 0 Å². The molecule has 142 valence electrons. The molecule has 0 unspecified atom stereocenters. The summed E-state index contributed by atoms with van der Waals surface area (Å²) in [5.41, 5.74) is 1.31. The van der Waals surface area contributed by atoms with Crippen LogP contribution in [0.2, 0.25) is 13.3 Å². The molecule has 0 bridgehead atoms. The number of unbranched alkanes of at least 4 members (excludes halogenated alkanes) is 3. The molecule has 0 saturated heterocycles. The molecule has 1 rings (SSSR count). The summed E-state index contributed by atoms with van der Waals surface area (Å²) in [5.74, 6) is 1.02. The fraction of sp³-hybridized carbons (Fsp3) is 0.652. The number of allylic oxidation sites excluding steroid dienone is 1. The first-order valence-electron chi connectivity index (χ1n) is 10.4. The van der Waals surface area contributed by atoms with Gasteiger partial charge in [-0.2, -0.15) is 0 Å². The summed E-state index contributed by atoms with van der Waals surface area (Å²) in [4.78, 5) is 0. The Hall–Kier alpha value is -0.441. The molecular formula is C23H40OSn. The van der Waals surface area contributed by atoms with Crippen LogP contribution in [0.3, 0.4) is 0 Å².